The van der Waals surface area contributed by atoms with Crippen LogP contribution >= 0.6 is 0 Å². The van der Waals surface area contributed by atoms with E-state index < -0.39 is 0 Å². The van der Waals surface area contributed by atoms with E-state index in [-0.39, 0.29) is 23.4 Å². The van der Waals surface area contributed by atoms with Crippen LogP contribution in [0.1, 0.15) is 28.8 Å². The van der Waals surface area contributed by atoms with Gasteiger partial charge in [-0.25, -0.2) is 4.39 Å². The molecule has 0 aliphatic heterocycles. The molecular formula is C12H11FO. The van der Waals surface area contributed by atoms with Gasteiger partial charge in [-0.15, -0.1) is 6.58 Å². The fraction of sp³-hybridized carbons (Fsp3) is 0.250. The van der Waals surface area contributed by atoms with Gasteiger partial charge in [-0.05, 0) is 23.8 Å². The van der Waals surface area contributed by atoms with Gasteiger partial charge in [0.25, 0.3) is 0 Å². The summed E-state index contributed by atoms with van der Waals surface area (Å²) in [5.74, 6) is -0.347. The lowest BCUT2D eigenvalue weighted by molar-refractivity contribution is 0.0940. The Morgan fingerprint density at radius 3 is 2.86 bits per heavy atom. The van der Waals surface area contributed by atoms with Crippen molar-refractivity contribution in [3.63, 3.8) is 0 Å². The number of benzene rings is 1. The van der Waals surface area contributed by atoms with E-state index in [1.165, 1.54) is 12.1 Å². The molecule has 2 rings (SSSR count). The number of Topliss-reactive ketones (excluding diaryl/α,β-unsaturated/α-hetero) is 1. The molecule has 0 saturated heterocycles. The first-order valence-corrected chi connectivity index (χ1v) is 4.61. The van der Waals surface area contributed by atoms with Crippen molar-refractivity contribution >= 4 is 5.78 Å². The molecule has 1 aliphatic rings. The highest BCUT2D eigenvalue weighted by Crippen LogP contribution is 2.38. The maximum atomic E-state index is 13.0. The quantitative estimate of drug-likeness (QED) is 0.622. The Hall–Kier alpha value is -1.44. The molecule has 1 aliphatic carbocycles. The molecule has 0 saturated carbocycles. The molecule has 14 heavy (non-hydrogen) atoms. The van der Waals surface area contributed by atoms with E-state index in [4.69, 9.17) is 0 Å². The van der Waals surface area contributed by atoms with Gasteiger partial charge in [-0.1, -0.05) is 13.0 Å². The summed E-state index contributed by atoms with van der Waals surface area (Å²) < 4.78 is 13.0. The molecule has 2 heteroatoms. The fourth-order valence-corrected chi connectivity index (χ4v) is 2.04. The molecule has 0 amide bonds. The molecule has 0 unspecified atom stereocenters. The van der Waals surface area contributed by atoms with Crippen LogP contribution in [0.15, 0.2) is 30.9 Å². The molecule has 0 N–H and O–H groups in total. The summed E-state index contributed by atoms with van der Waals surface area (Å²) in [6.07, 6.45) is 1.72. The van der Waals surface area contributed by atoms with Crippen molar-refractivity contribution in [2.45, 2.75) is 12.8 Å². The second-order valence-electron chi connectivity index (χ2n) is 3.65. The van der Waals surface area contributed by atoms with E-state index in [0.29, 0.717) is 5.56 Å². The fourth-order valence-electron chi connectivity index (χ4n) is 2.04. The van der Waals surface area contributed by atoms with Crippen molar-refractivity contribution in [3.8, 4) is 0 Å². The summed E-state index contributed by atoms with van der Waals surface area (Å²) in [6.45, 7) is 5.54. The zero-order valence-electron chi connectivity index (χ0n) is 7.96. The standard InChI is InChI=1S/C12H11FO/c1-3-9-7(2)12(14)10-5-4-8(13)6-11(9)10/h3-7,9H,1H2,2H3/t7-,9-/m0/s1. The topological polar surface area (TPSA) is 17.1 Å². The Morgan fingerprint density at radius 2 is 2.21 bits per heavy atom. The number of rotatable bonds is 1. The summed E-state index contributed by atoms with van der Waals surface area (Å²) >= 11 is 0. The van der Waals surface area contributed by atoms with Crippen LogP contribution in [0.4, 0.5) is 4.39 Å². The summed E-state index contributed by atoms with van der Waals surface area (Å²) in [4.78, 5) is 11.7. The zero-order valence-corrected chi connectivity index (χ0v) is 7.96. The zero-order chi connectivity index (χ0) is 10.3. The van der Waals surface area contributed by atoms with Gasteiger partial charge in [0, 0.05) is 17.4 Å². The number of carbonyl (C=O) groups excluding carboxylic acids is 1. The van der Waals surface area contributed by atoms with E-state index in [0.717, 1.165) is 5.56 Å². The van der Waals surface area contributed by atoms with E-state index in [1.54, 1.807) is 12.1 Å². The Kier molecular flexibility index (Phi) is 1.99. The van der Waals surface area contributed by atoms with Crippen LogP contribution in [0.25, 0.3) is 0 Å². The molecule has 0 bridgehead atoms. The van der Waals surface area contributed by atoms with Crippen LogP contribution in [0.3, 0.4) is 0 Å². The lowest BCUT2D eigenvalue weighted by atomic mass is 9.94. The first kappa shape index (κ1) is 9.13. The van der Waals surface area contributed by atoms with E-state index in [9.17, 15) is 9.18 Å². The normalized spacial score (nSPS) is 24.9. The van der Waals surface area contributed by atoms with Gasteiger partial charge in [0.1, 0.15) is 5.82 Å². The Balaban J connectivity index is 2.61. The van der Waals surface area contributed by atoms with Crippen LogP contribution in [0, 0.1) is 11.7 Å². The highest BCUT2D eigenvalue weighted by atomic mass is 19.1. The maximum Gasteiger partial charge on any atom is 0.166 e. The third-order valence-electron chi connectivity index (χ3n) is 2.84. The van der Waals surface area contributed by atoms with Crippen molar-refractivity contribution in [2.75, 3.05) is 0 Å². The number of fused-ring (bicyclic) bond motifs is 1. The van der Waals surface area contributed by atoms with Gasteiger partial charge in [0.2, 0.25) is 0 Å². The van der Waals surface area contributed by atoms with Crippen LogP contribution in [0.2, 0.25) is 0 Å². The van der Waals surface area contributed by atoms with E-state index in [1.807, 2.05) is 6.92 Å². The molecule has 1 nitrogen and oxygen atoms in total. The molecule has 0 aromatic heterocycles. The van der Waals surface area contributed by atoms with E-state index in [2.05, 4.69) is 6.58 Å². The van der Waals surface area contributed by atoms with Gasteiger partial charge in [0.05, 0.1) is 0 Å². The second kappa shape index (κ2) is 3.05. The Morgan fingerprint density at radius 1 is 1.50 bits per heavy atom. The second-order valence-corrected chi connectivity index (χ2v) is 3.65. The minimum Gasteiger partial charge on any atom is -0.294 e. The van der Waals surface area contributed by atoms with Gasteiger partial charge in [0.15, 0.2) is 5.78 Å². The highest BCUT2D eigenvalue weighted by Gasteiger charge is 2.34. The van der Waals surface area contributed by atoms with Crippen molar-refractivity contribution < 1.29 is 9.18 Å². The summed E-state index contributed by atoms with van der Waals surface area (Å²) in [7, 11) is 0. The smallest absolute Gasteiger partial charge is 0.166 e. The molecule has 1 aromatic rings. The maximum absolute atomic E-state index is 13.0. The molecule has 0 heterocycles. The molecule has 0 radical (unpaired) electrons. The van der Waals surface area contributed by atoms with Crippen molar-refractivity contribution in [1.29, 1.82) is 0 Å². The van der Waals surface area contributed by atoms with Crippen LogP contribution in [0.5, 0.6) is 0 Å². The average molecular weight is 190 g/mol. The molecule has 0 spiro atoms. The van der Waals surface area contributed by atoms with Crippen molar-refractivity contribution in [3.05, 3.63) is 47.8 Å². The van der Waals surface area contributed by atoms with Crippen molar-refractivity contribution in [1.82, 2.24) is 0 Å². The number of hydrogen-bond donors (Lipinski definition) is 0. The lowest BCUT2D eigenvalue weighted by Crippen LogP contribution is -2.06. The first-order valence-electron chi connectivity index (χ1n) is 4.61. The van der Waals surface area contributed by atoms with E-state index >= 15 is 0 Å². The summed E-state index contributed by atoms with van der Waals surface area (Å²) in [5.41, 5.74) is 1.42. The largest absolute Gasteiger partial charge is 0.294 e. The van der Waals surface area contributed by atoms with Crippen molar-refractivity contribution in [2.24, 2.45) is 5.92 Å². The van der Waals surface area contributed by atoms with Gasteiger partial charge in [-0.2, -0.15) is 0 Å². The minimum atomic E-state index is -0.294. The minimum absolute atomic E-state index is 0.0341. The molecule has 72 valence electrons. The summed E-state index contributed by atoms with van der Waals surface area (Å²) in [6, 6.07) is 4.32. The van der Waals surface area contributed by atoms with Gasteiger partial charge >= 0.3 is 0 Å². The predicted octanol–water partition coefficient (Wildman–Crippen LogP) is 2.93. The lowest BCUT2D eigenvalue weighted by Gasteiger charge is -2.08. The van der Waals surface area contributed by atoms with Crippen LogP contribution < -0.4 is 0 Å². The third kappa shape index (κ3) is 1.10. The SMILES string of the molecule is C=C[C@@H]1c2cc(F)ccc2C(=O)[C@H]1C. The average Bonchev–Trinajstić information content (AvgIpc) is 2.39. The highest BCUT2D eigenvalue weighted by molar-refractivity contribution is 6.03. The predicted molar refractivity (Wildman–Crippen MR) is 52.8 cm³/mol. The number of hydrogen-bond acceptors (Lipinski definition) is 1. The first-order chi connectivity index (χ1) is 6.65. The Labute approximate surface area is 82.3 Å². The number of ketones is 1. The molecular weight excluding hydrogens is 179 g/mol. The molecule has 2 atom stereocenters. The van der Waals surface area contributed by atoms with Crippen LogP contribution in [-0.2, 0) is 0 Å². The Bertz CT molecular complexity index is 409. The monoisotopic (exact) mass is 190 g/mol. The number of carbonyl (C=O) groups is 1. The van der Waals surface area contributed by atoms with Gasteiger partial charge in [-0.3, -0.25) is 4.79 Å². The van der Waals surface area contributed by atoms with Gasteiger partial charge < -0.3 is 0 Å². The molecule has 1 aromatic carbocycles. The third-order valence-corrected chi connectivity index (χ3v) is 2.84. The number of halogens is 1. The number of allylic oxidation sites excluding steroid dienone is 1. The molecule has 0 fully saturated rings. The summed E-state index contributed by atoms with van der Waals surface area (Å²) in [5, 5.41) is 0. The van der Waals surface area contributed by atoms with Crippen LogP contribution in [-0.4, -0.2) is 5.78 Å².